The summed E-state index contributed by atoms with van der Waals surface area (Å²) in [4.78, 5) is 12.4. The normalized spacial score (nSPS) is 23.9. The van der Waals surface area contributed by atoms with Gasteiger partial charge in [-0.2, -0.15) is 0 Å². The van der Waals surface area contributed by atoms with Crippen molar-refractivity contribution in [3.05, 3.63) is 0 Å². The highest BCUT2D eigenvalue weighted by Crippen LogP contribution is 2.30. The van der Waals surface area contributed by atoms with Crippen LogP contribution in [0.25, 0.3) is 0 Å². The highest BCUT2D eigenvalue weighted by Gasteiger charge is 2.39. The second-order valence-electron chi connectivity index (χ2n) is 6.27. The van der Waals surface area contributed by atoms with Gasteiger partial charge in [0.1, 0.15) is 0 Å². The zero-order valence-corrected chi connectivity index (χ0v) is 13.5. The van der Waals surface area contributed by atoms with Crippen molar-refractivity contribution in [2.75, 3.05) is 26.3 Å². The van der Waals surface area contributed by atoms with Gasteiger partial charge < -0.3 is 20.9 Å². The first-order valence-corrected chi connectivity index (χ1v) is 7.92. The first-order valence-electron chi connectivity index (χ1n) is 7.92. The molecular weight excluding hydrogens is 292 g/mol. The number of hydrogen-bond donors (Lipinski definition) is 3. The average molecular weight is 321 g/mol. The lowest BCUT2D eigenvalue weighted by Crippen LogP contribution is -2.51. The molecule has 5 nitrogen and oxygen atoms in total. The number of aliphatic hydroxyl groups is 1. The third kappa shape index (κ3) is 4.81. The maximum atomic E-state index is 12.4. The molecular formula is C15H29ClN2O3. The first-order chi connectivity index (χ1) is 9.68. The van der Waals surface area contributed by atoms with E-state index in [0.717, 1.165) is 12.8 Å². The summed E-state index contributed by atoms with van der Waals surface area (Å²) in [6, 6.07) is 0. The molecule has 0 aromatic carbocycles. The van der Waals surface area contributed by atoms with Crippen LogP contribution in [-0.2, 0) is 9.53 Å². The average Bonchev–Trinajstić information content (AvgIpc) is 2.53. The predicted molar refractivity (Wildman–Crippen MR) is 84.4 cm³/mol. The molecule has 1 saturated carbocycles. The van der Waals surface area contributed by atoms with Crippen molar-refractivity contribution < 1.29 is 14.6 Å². The number of aliphatic hydroxyl groups excluding tert-OH is 1. The molecule has 4 N–H and O–H groups in total. The molecule has 1 saturated heterocycles. The second-order valence-corrected chi connectivity index (χ2v) is 6.27. The standard InChI is InChI=1S/C15H28N2O3.ClH/c16-11-15(6-8-20-9-7-15)14(19)17-10-13(18)12-4-2-1-3-5-12;/h12-13,18H,1-11,16H2,(H,17,19);1H. The minimum Gasteiger partial charge on any atom is -0.391 e. The molecule has 1 unspecified atom stereocenters. The lowest BCUT2D eigenvalue weighted by Gasteiger charge is -2.35. The van der Waals surface area contributed by atoms with Crippen LogP contribution in [0.1, 0.15) is 44.9 Å². The molecule has 2 rings (SSSR count). The maximum Gasteiger partial charge on any atom is 0.227 e. The number of rotatable bonds is 5. The van der Waals surface area contributed by atoms with Crippen LogP contribution in [0.15, 0.2) is 0 Å². The summed E-state index contributed by atoms with van der Waals surface area (Å²) in [7, 11) is 0. The van der Waals surface area contributed by atoms with E-state index >= 15 is 0 Å². The summed E-state index contributed by atoms with van der Waals surface area (Å²) in [6.45, 7) is 1.89. The summed E-state index contributed by atoms with van der Waals surface area (Å²) >= 11 is 0. The van der Waals surface area contributed by atoms with Gasteiger partial charge in [0.05, 0.1) is 11.5 Å². The Hall–Kier alpha value is -0.360. The number of hydrogen-bond acceptors (Lipinski definition) is 4. The van der Waals surface area contributed by atoms with E-state index in [1.165, 1.54) is 19.3 Å². The van der Waals surface area contributed by atoms with Crippen molar-refractivity contribution in [1.29, 1.82) is 0 Å². The lowest BCUT2D eigenvalue weighted by molar-refractivity contribution is -0.136. The van der Waals surface area contributed by atoms with Gasteiger partial charge in [0.15, 0.2) is 0 Å². The van der Waals surface area contributed by atoms with Crippen LogP contribution < -0.4 is 11.1 Å². The third-order valence-electron chi connectivity index (χ3n) is 4.99. The van der Waals surface area contributed by atoms with Gasteiger partial charge in [-0.1, -0.05) is 19.3 Å². The number of carbonyl (C=O) groups is 1. The fourth-order valence-electron chi connectivity index (χ4n) is 3.36. The Bertz CT molecular complexity index is 316. The molecule has 0 spiro atoms. The van der Waals surface area contributed by atoms with E-state index in [4.69, 9.17) is 10.5 Å². The number of halogens is 1. The van der Waals surface area contributed by atoms with Crippen molar-refractivity contribution in [1.82, 2.24) is 5.32 Å². The molecule has 1 heterocycles. The minimum absolute atomic E-state index is 0. The number of amides is 1. The smallest absolute Gasteiger partial charge is 0.227 e. The van der Waals surface area contributed by atoms with E-state index in [1.807, 2.05) is 0 Å². The summed E-state index contributed by atoms with van der Waals surface area (Å²) in [6.07, 6.45) is 6.74. The Labute approximate surface area is 133 Å². The van der Waals surface area contributed by atoms with E-state index in [9.17, 15) is 9.90 Å². The van der Waals surface area contributed by atoms with E-state index in [2.05, 4.69) is 5.32 Å². The molecule has 2 aliphatic rings. The van der Waals surface area contributed by atoms with E-state index < -0.39 is 11.5 Å². The summed E-state index contributed by atoms with van der Waals surface area (Å²) in [5.41, 5.74) is 5.31. The molecule has 1 aliphatic heterocycles. The van der Waals surface area contributed by atoms with Gasteiger partial charge >= 0.3 is 0 Å². The van der Waals surface area contributed by atoms with Crippen molar-refractivity contribution in [2.45, 2.75) is 51.0 Å². The largest absolute Gasteiger partial charge is 0.391 e. The van der Waals surface area contributed by atoms with Crippen molar-refractivity contribution in [2.24, 2.45) is 17.1 Å². The Morgan fingerprint density at radius 2 is 1.90 bits per heavy atom. The molecule has 6 heteroatoms. The highest BCUT2D eigenvalue weighted by atomic mass is 35.5. The Morgan fingerprint density at radius 3 is 2.48 bits per heavy atom. The summed E-state index contributed by atoms with van der Waals surface area (Å²) in [5, 5.41) is 13.1. The Kier molecular flexibility index (Phi) is 7.95. The number of carbonyl (C=O) groups excluding carboxylic acids is 1. The highest BCUT2D eigenvalue weighted by molar-refractivity contribution is 5.85. The summed E-state index contributed by atoms with van der Waals surface area (Å²) in [5.74, 6) is 0.325. The Morgan fingerprint density at radius 1 is 1.29 bits per heavy atom. The van der Waals surface area contributed by atoms with Gasteiger partial charge in [0, 0.05) is 26.3 Å². The molecule has 1 aliphatic carbocycles. The monoisotopic (exact) mass is 320 g/mol. The van der Waals surface area contributed by atoms with E-state index in [1.54, 1.807) is 0 Å². The summed E-state index contributed by atoms with van der Waals surface area (Å²) < 4.78 is 5.31. The van der Waals surface area contributed by atoms with Crippen LogP contribution in [0, 0.1) is 11.3 Å². The van der Waals surface area contributed by atoms with Crippen LogP contribution >= 0.6 is 12.4 Å². The molecule has 21 heavy (non-hydrogen) atoms. The molecule has 1 amide bonds. The number of nitrogens with one attached hydrogen (secondary N) is 1. The first kappa shape index (κ1) is 18.7. The van der Waals surface area contributed by atoms with Crippen LogP contribution in [0.4, 0.5) is 0 Å². The van der Waals surface area contributed by atoms with Crippen LogP contribution in [-0.4, -0.2) is 43.4 Å². The molecule has 0 aromatic heterocycles. The molecule has 0 radical (unpaired) electrons. The van der Waals surface area contributed by atoms with Crippen molar-refractivity contribution in [3.8, 4) is 0 Å². The van der Waals surface area contributed by atoms with E-state index in [-0.39, 0.29) is 18.3 Å². The topological polar surface area (TPSA) is 84.6 Å². The van der Waals surface area contributed by atoms with Gasteiger partial charge in [-0.05, 0) is 31.6 Å². The maximum absolute atomic E-state index is 12.4. The predicted octanol–water partition coefficient (Wildman–Crippen LogP) is 1.22. The van der Waals surface area contributed by atoms with Gasteiger partial charge in [-0.25, -0.2) is 0 Å². The Balaban J connectivity index is 0.00000220. The van der Waals surface area contributed by atoms with Gasteiger partial charge in [-0.15, -0.1) is 12.4 Å². The van der Waals surface area contributed by atoms with Crippen LogP contribution in [0.2, 0.25) is 0 Å². The minimum atomic E-state index is -0.496. The van der Waals surface area contributed by atoms with Crippen molar-refractivity contribution >= 4 is 18.3 Å². The number of ether oxygens (including phenoxy) is 1. The second kappa shape index (κ2) is 8.93. The van der Waals surface area contributed by atoms with Gasteiger partial charge in [0.2, 0.25) is 5.91 Å². The zero-order valence-electron chi connectivity index (χ0n) is 12.7. The third-order valence-corrected chi connectivity index (χ3v) is 4.99. The lowest BCUT2D eigenvalue weighted by atomic mass is 9.79. The fraction of sp³-hybridized carbons (Fsp3) is 0.933. The van der Waals surface area contributed by atoms with Gasteiger partial charge in [-0.3, -0.25) is 4.79 Å². The van der Waals surface area contributed by atoms with Gasteiger partial charge in [0.25, 0.3) is 0 Å². The van der Waals surface area contributed by atoms with Crippen LogP contribution in [0.3, 0.4) is 0 Å². The number of nitrogens with two attached hydrogens (primary N) is 1. The quantitative estimate of drug-likeness (QED) is 0.711. The van der Waals surface area contributed by atoms with Crippen LogP contribution in [0.5, 0.6) is 0 Å². The molecule has 1 atom stereocenters. The zero-order chi connectivity index (χ0) is 14.4. The molecule has 2 fully saturated rings. The van der Waals surface area contributed by atoms with E-state index in [0.29, 0.717) is 45.1 Å². The molecule has 0 bridgehead atoms. The molecule has 0 aromatic rings. The fourth-order valence-corrected chi connectivity index (χ4v) is 3.36. The SMILES string of the molecule is Cl.NCC1(C(=O)NCC(O)C2CCCCC2)CCOCC1. The molecule has 124 valence electrons. The van der Waals surface area contributed by atoms with Crippen molar-refractivity contribution in [3.63, 3.8) is 0 Å².